The molecule has 0 unspecified atom stereocenters. The first-order valence-electron chi connectivity index (χ1n) is 6.12. The van der Waals surface area contributed by atoms with Crippen LogP contribution in [0.4, 0.5) is 11.4 Å². The Kier molecular flexibility index (Phi) is 3.34. The number of anilines is 2. The fourth-order valence-corrected chi connectivity index (χ4v) is 2.66. The van der Waals surface area contributed by atoms with Crippen LogP contribution >= 0.6 is 11.3 Å². The van der Waals surface area contributed by atoms with Crippen molar-refractivity contribution in [3.63, 3.8) is 0 Å². The van der Waals surface area contributed by atoms with E-state index >= 15 is 0 Å². The van der Waals surface area contributed by atoms with Crippen LogP contribution in [0.1, 0.15) is 4.88 Å². The number of hydrogen-bond acceptors (Lipinski definition) is 6. The average Bonchev–Trinajstić information content (AvgIpc) is 3.05. The summed E-state index contributed by atoms with van der Waals surface area (Å²) in [5.74, 6) is 0.740. The van der Waals surface area contributed by atoms with Gasteiger partial charge in [-0.3, -0.25) is 0 Å². The minimum absolute atomic E-state index is 0.712. The van der Waals surface area contributed by atoms with Crippen LogP contribution in [0.2, 0.25) is 0 Å². The molecule has 0 aliphatic carbocycles. The van der Waals surface area contributed by atoms with E-state index in [4.69, 9.17) is 5.73 Å². The Bertz CT molecular complexity index is 717. The molecule has 7 heteroatoms. The highest BCUT2D eigenvalue weighted by Crippen LogP contribution is 2.23. The number of thiophene rings is 1. The highest BCUT2D eigenvalue weighted by molar-refractivity contribution is 7.10. The molecule has 20 heavy (non-hydrogen) atoms. The Balaban J connectivity index is 1.78. The molecular weight excluding hydrogens is 272 g/mol. The van der Waals surface area contributed by atoms with Gasteiger partial charge >= 0.3 is 0 Å². The van der Waals surface area contributed by atoms with Crippen LogP contribution in [0.25, 0.3) is 11.4 Å². The second kappa shape index (κ2) is 5.30. The quantitative estimate of drug-likeness (QED) is 0.768. The Hall–Kier alpha value is -2.41. The average molecular weight is 286 g/mol. The first-order valence-corrected chi connectivity index (χ1v) is 7.00. The molecule has 3 rings (SSSR count). The van der Waals surface area contributed by atoms with Crippen LogP contribution in [0, 0.1) is 0 Å². The number of hydrogen-bond donors (Lipinski definition) is 2. The van der Waals surface area contributed by atoms with Crippen molar-refractivity contribution in [1.82, 2.24) is 20.2 Å². The lowest BCUT2D eigenvalue weighted by Crippen LogP contribution is -2.00. The van der Waals surface area contributed by atoms with Crippen molar-refractivity contribution in [1.29, 1.82) is 0 Å². The topological polar surface area (TPSA) is 81.7 Å². The van der Waals surface area contributed by atoms with E-state index in [1.807, 2.05) is 42.8 Å². The maximum atomic E-state index is 5.87. The van der Waals surface area contributed by atoms with Gasteiger partial charge in [-0.15, -0.1) is 16.4 Å². The zero-order chi connectivity index (χ0) is 13.9. The molecule has 0 radical (unpaired) electrons. The highest BCUT2D eigenvalue weighted by atomic mass is 32.1. The lowest BCUT2D eigenvalue weighted by atomic mass is 10.2. The molecule has 0 aliphatic heterocycles. The van der Waals surface area contributed by atoms with Gasteiger partial charge in [0.05, 0.1) is 6.54 Å². The Labute approximate surface area is 120 Å². The maximum Gasteiger partial charge on any atom is 0.181 e. The third kappa shape index (κ3) is 2.48. The van der Waals surface area contributed by atoms with Gasteiger partial charge in [0.1, 0.15) is 0 Å². The van der Waals surface area contributed by atoms with Gasteiger partial charge in [0.15, 0.2) is 5.82 Å². The van der Waals surface area contributed by atoms with Gasteiger partial charge in [-0.25, -0.2) is 4.68 Å². The van der Waals surface area contributed by atoms with Crippen LogP contribution in [0.3, 0.4) is 0 Å². The lowest BCUT2D eigenvalue weighted by Gasteiger charge is -2.07. The van der Waals surface area contributed by atoms with Gasteiger partial charge in [0, 0.05) is 28.9 Å². The van der Waals surface area contributed by atoms with Gasteiger partial charge in [-0.2, -0.15) is 0 Å². The molecule has 6 nitrogen and oxygen atoms in total. The van der Waals surface area contributed by atoms with Crippen LogP contribution < -0.4 is 11.1 Å². The zero-order valence-electron chi connectivity index (χ0n) is 10.9. The summed E-state index contributed by atoms with van der Waals surface area (Å²) in [6.45, 7) is 0.712. The second-order valence-corrected chi connectivity index (χ2v) is 5.36. The molecule has 3 aromatic rings. The molecule has 0 atom stereocenters. The maximum absolute atomic E-state index is 5.87. The van der Waals surface area contributed by atoms with E-state index in [0.717, 1.165) is 27.6 Å². The summed E-state index contributed by atoms with van der Waals surface area (Å²) < 4.78 is 1.65. The van der Waals surface area contributed by atoms with Crippen molar-refractivity contribution in [2.75, 3.05) is 11.1 Å². The molecule has 0 spiro atoms. The van der Waals surface area contributed by atoms with E-state index < -0.39 is 0 Å². The Morgan fingerprint density at radius 3 is 2.95 bits per heavy atom. The second-order valence-electron chi connectivity index (χ2n) is 4.36. The van der Waals surface area contributed by atoms with E-state index in [2.05, 4.69) is 20.8 Å². The van der Waals surface area contributed by atoms with Crippen LogP contribution in [0.15, 0.2) is 35.7 Å². The molecule has 0 bridgehead atoms. The first-order chi connectivity index (χ1) is 9.74. The highest BCUT2D eigenvalue weighted by Gasteiger charge is 2.06. The number of nitrogens with one attached hydrogen (secondary N) is 1. The van der Waals surface area contributed by atoms with Crippen molar-refractivity contribution in [2.45, 2.75) is 6.54 Å². The number of tetrazole rings is 1. The number of nitrogen functional groups attached to an aromatic ring is 1. The number of benzene rings is 1. The molecule has 0 fully saturated rings. The minimum atomic E-state index is 0.712. The molecular formula is C13H14N6S. The molecule has 102 valence electrons. The molecule has 2 aromatic heterocycles. The number of aromatic nitrogens is 4. The minimum Gasteiger partial charge on any atom is -0.398 e. The van der Waals surface area contributed by atoms with Crippen molar-refractivity contribution >= 4 is 22.7 Å². The van der Waals surface area contributed by atoms with E-state index in [0.29, 0.717) is 6.54 Å². The summed E-state index contributed by atoms with van der Waals surface area (Å²) in [7, 11) is 1.82. The normalized spacial score (nSPS) is 10.7. The molecule has 3 N–H and O–H groups in total. The molecule has 0 amide bonds. The Morgan fingerprint density at radius 2 is 2.25 bits per heavy atom. The third-order valence-electron chi connectivity index (χ3n) is 2.97. The standard InChI is InChI=1S/C13H14N6S/c1-19-13(16-17-18-19)9-3-2-4-10(7-9)15-8-12-11(14)5-6-20-12/h2-7,15H,8,14H2,1H3. The Morgan fingerprint density at radius 1 is 1.35 bits per heavy atom. The molecule has 1 aromatic carbocycles. The van der Waals surface area contributed by atoms with Gasteiger partial charge in [0.25, 0.3) is 0 Å². The summed E-state index contributed by atoms with van der Waals surface area (Å²) in [4.78, 5) is 1.13. The monoisotopic (exact) mass is 286 g/mol. The van der Waals surface area contributed by atoms with Crippen LogP contribution in [-0.2, 0) is 13.6 Å². The van der Waals surface area contributed by atoms with E-state index in [9.17, 15) is 0 Å². The van der Waals surface area contributed by atoms with Gasteiger partial charge in [-0.05, 0) is 34.0 Å². The van der Waals surface area contributed by atoms with Crippen molar-refractivity contribution in [3.8, 4) is 11.4 Å². The number of nitrogens with two attached hydrogens (primary N) is 1. The summed E-state index contributed by atoms with van der Waals surface area (Å²) in [6.07, 6.45) is 0. The van der Waals surface area contributed by atoms with Crippen molar-refractivity contribution in [3.05, 3.63) is 40.6 Å². The zero-order valence-corrected chi connectivity index (χ0v) is 11.8. The molecule has 0 saturated carbocycles. The van der Waals surface area contributed by atoms with Gasteiger partial charge in [-0.1, -0.05) is 12.1 Å². The number of aryl methyl sites for hydroxylation is 1. The third-order valence-corrected chi connectivity index (χ3v) is 3.91. The molecule has 0 aliphatic rings. The van der Waals surface area contributed by atoms with Crippen LogP contribution in [0.5, 0.6) is 0 Å². The van der Waals surface area contributed by atoms with E-state index in [-0.39, 0.29) is 0 Å². The number of nitrogens with zero attached hydrogens (tertiary/aromatic N) is 4. The smallest absolute Gasteiger partial charge is 0.181 e. The predicted molar refractivity (Wildman–Crippen MR) is 80.3 cm³/mol. The van der Waals surface area contributed by atoms with Gasteiger partial charge < -0.3 is 11.1 Å². The molecule has 2 heterocycles. The van der Waals surface area contributed by atoms with Crippen molar-refractivity contribution in [2.24, 2.45) is 7.05 Å². The van der Waals surface area contributed by atoms with E-state index in [1.165, 1.54) is 0 Å². The first kappa shape index (κ1) is 12.6. The van der Waals surface area contributed by atoms with Crippen LogP contribution in [-0.4, -0.2) is 20.2 Å². The van der Waals surface area contributed by atoms with E-state index in [1.54, 1.807) is 16.0 Å². The summed E-state index contributed by atoms with van der Waals surface area (Å²) in [5.41, 5.74) is 8.69. The summed E-state index contributed by atoms with van der Waals surface area (Å²) >= 11 is 1.65. The molecule has 0 saturated heterocycles. The van der Waals surface area contributed by atoms with Gasteiger partial charge in [0.2, 0.25) is 0 Å². The summed E-state index contributed by atoms with van der Waals surface area (Å²) in [5, 5.41) is 16.9. The largest absolute Gasteiger partial charge is 0.398 e. The summed E-state index contributed by atoms with van der Waals surface area (Å²) in [6, 6.07) is 9.91. The number of rotatable bonds is 4. The fourth-order valence-electron chi connectivity index (χ4n) is 1.92. The fraction of sp³-hybridized carbons (Fsp3) is 0.154. The predicted octanol–water partition coefficient (Wildman–Crippen LogP) is 2.13. The van der Waals surface area contributed by atoms with Crippen molar-refractivity contribution < 1.29 is 0 Å². The SMILES string of the molecule is Cn1nnnc1-c1cccc(NCc2sccc2N)c1. The lowest BCUT2D eigenvalue weighted by molar-refractivity contribution is 0.714.